The molecule has 0 bridgehead atoms. The van der Waals surface area contributed by atoms with Crippen LogP contribution in [-0.2, 0) is 11.2 Å². The van der Waals surface area contributed by atoms with Crippen LogP contribution in [0, 0.1) is 5.92 Å². The summed E-state index contributed by atoms with van der Waals surface area (Å²) >= 11 is 1.57. The van der Waals surface area contributed by atoms with E-state index in [1.807, 2.05) is 17.5 Å². The van der Waals surface area contributed by atoms with E-state index in [1.54, 1.807) is 17.6 Å². The third-order valence-corrected chi connectivity index (χ3v) is 3.94. The van der Waals surface area contributed by atoms with Crippen LogP contribution in [0.4, 0.5) is 0 Å². The first-order valence-electron chi connectivity index (χ1n) is 6.27. The minimum Gasteiger partial charge on any atom is -0.444 e. The first-order chi connectivity index (χ1) is 9.31. The van der Waals surface area contributed by atoms with Gasteiger partial charge in [0, 0.05) is 25.6 Å². The van der Waals surface area contributed by atoms with Crippen LogP contribution in [0.5, 0.6) is 0 Å². The van der Waals surface area contributed by atoms with Crippen LogP contribution < -0.4 is 10.6 Å². The van der Waals surface area contributed by atoms with Crippen LogP contribution in [0.15, 0.2) is 28.2 Å². The van der Waals surface area contributed by atoms with Crippen molar-refractivity contribution >= 4 is 42.1 Å². The predicted octanol–water partition coefficient (Wildman–Crippen LogP) is 2.12. The molecule has 0 spiro atoms. The van der Waals surface area contributed by atoms with E-state index >= 15 is 0 Å². The van der Waals surface area contributed by atoms with Gasteiger partial charge in [0.2, 0.25) is 11.8 Å². The maximum Gasteiger partial charge on any atom is 0.236 e. The van der Waals surface area contributed by atoms with Crippen molar-refractivity contribution in [2.24, 2.45) is 5.92 Å². The second kappa shape index (κ2) is 8.38. The van der Waals surface area contributed by atoms with Gasteiger partial charge >= 0.3 is 0 Å². The Labute approximate surface area is 139 Å². The molecule has 1 aliphatic rings. The van der Waals surface area contributed by atoms with Crippen molar-refractivity contribution in [3.05, 3.63) is 29.5 Å². The van der Waals surface area contributed by atoms with Gasteiger partial charge in [-0.1, -0.05) is 6.07 Å². The van der Waals surface area contributed by atoms with E-state index in [2.05, 4.69) is 15.6 Å². The molecule has 0 atom stereocenters. The molecule has 21 heavy (non-hydrogen) atoms. The largest absolute Gasteiger partial charge is 0.444 e. The van der Waals surface area contributed by atoms with Gasteiger partial charge in [0.25, 0.3) is 0 Å². The van der Waals surface area contributed by atoms with Crippen LogP contribution in [0.1, 0.15) is 5.69 Å². The lowest BCUT2D eigenvalue weighted by Crippen LogP contribution is -2.48. The van der Waals surface area contributed by atoms with Crippen molar-refractivity contribution in [3.8, 4) is 10.8 Å². The third kappa shape index (κ3) is 4.71. The molecule has 1 saturated heterocycles. The van der Waals surface area contributed by atoms with Crippen molar-refractivity contribution in [1.29, 1.82) is 0 Å². The van der Waals surface area contributed by atoms with Crippen molar-refractivity contribution in [2.45, 2.75) is 6.42 Å². The molecule has 2 aromatic rings. The first-order valence-corrected chi connectivity index (χ1v) is 7.15. The predicted molar refractivity (Wildman–Crippen MR) is 87.4 cm³/mol. The number of oxazole rings is 1. The Kier molecular flexibility index (Phi) is 7.17. The highest BCUT2D eigenvalue weighted by atomic mass is 35.5. The quantitative estimate of drug-likeness (QED) is 0.867. The van der Waals surface area contributed by atoms with Crippen LogP contribution in [0.3, 0.4) is 0 Å². The summed E-state index contributed by atoms with van der Waals surface area (Å²) in [5.74, 6) is 1.15. The molecule has 3 heterocycles. The van der Waals surface area contributed by atoms with Gasteiger partial charge in [-0.05, 0) is 11.4 Å². The second-order valence-electron chi connectivity index (χ2n) is 4.63. The van der Waals surface area contributed by atoms with Crippen LogP contribution in [0.2, 0.25) is 0 Å². The Morgan fingerprint density at radius 2 is 2.29 bits per heavy atom. The van der Waals surface area contributed by atoms with Gasteiger partial charge in [-0.2, -0.15) is 0 Å². The molecule has 0 aliphatic carbocycles. The monoisotopic (exact) mass is 349 g/mol. The molecule has 0 aromatic carbocycles. The number of hydrogen-bond acceptors (Lipinski definition) is 5. The molecular formula is C13H17Cl2N3O2S. The lowest BCUT2D eigenvalue weighted by atomic mass is 10.0. The van der Waals surface area contributed by atoms with Gasteiger partial charge in [-0.15, -0.1) is 36.2 Å². The van der Waals surface area contributed by atoms with Crippen molar-refractivity contribution in [2.75, 3.05) is 19.6 Å². The zero-order valence-electron chi connectivity index (χ0n) is 11.2. The number of thiophene rings is 1. The van der Waals surface area contributed by atoms with Gasteiger partial charge < -0.3 is 15.1 Å². The second-order valence-corrected chi connectivity index (χ2v) is 5.57. The minimum absolute atomic E-state index is 0. The number of rotatable bonds is 5. The van der Waals surface area contributed by atoms with E-state index in [0.717, 1.165) is 24.5 Å². The van der Waals surface area contributed by atoms with Crippen molar-refractivity contribution < 1.29 is 9.21 Å². The Morgan fingerprint density at radius 3 is 2.90 bits per heavy atom. The van der Waals surface area contributed by atoms with Crippen LogP contribution in [-0.4, -0.2) is 30.5 Å². The summed E-state index contributed by atoms with van der Waals surface area (Å²) in [6, 6.07) is 3.90. The number of nitrogens with one attached hydrogen (secondary N) is 2. The molecule has 116 valence electrons. The van der Waals surface area contributed by atoms with Gasteiger partial charge in [-0.3, -0.25) is 4.79 Å². The number of aromatic nitrogens is 1. The molecule has 8 heteroatoms. The highest BCUT2D eigenvalue weighted by Gasteiger charge is 2.17. The number of carbonyl (C=O) groups excluding carboxylic acids is 1. The molecule has 5 nitrogen and oxygen atoms in total. The highest BCUT2D eigenvalue weighted by Crippen LogP contribution is 2.23. The van der Waals surface area contributed by atoms with E-state index < -0.39 is 0 Å². The maximum absolute atomic E-state index is 11.7. The minimum atomic E-state index is -0.00192. The Hall–Kier alpha value is -1.08. The molecule has 3 rings (SSSR count). The molecule has 1 amide bonds. The van der Waals surface area contributed by atoms with E-state index in [1.165, 1.54) is 0 Å². The van der Waals surface area contributed by atoms with Gasteiger partial charge in [-0.25, -0.2) is 4.98 Å². The molecule has 1 aliphatic heterocycles. The molecule has 2 aromatic heterocycles. The standard InChI is InChI=1S/C13H15N3O2S.2ClH/c17-12(15-7-9-5-14-6-9)4-10-8-18-13(16-10)11-2-1-3-19-11;;/h1-3,8-9,14H,4-7H2,(H,15,17);2*1H. The van der Waals surface area contributed by atoms with E-state index in [0.29, 0.717) is 17.5 Å². The Balaban J connectivity index is 0.00000110. The summed E-state index contributed by atoms with van der Waals surface area (Å²) in [5.41, 5.74) is 0.674. The SMILES string of the molecule is Cl.Cl.O=C(Cc1coc(-c2cccs2)n1)NCC1CNC1. The fraction of sp³-hybridized carbons (Fsp3) is 0.385. The highest BCUT2D eigenvalue weighted by molar-refractivity contribution is 7.13. The van der Waals surface area contributed by atoms with Crippen molar-refractivity contribution in [3.63, 3.8) is 0 Å². The number of nitrogens with zero attached hydrogens (tertiary/aromatic N) is 1. The fourth-order valence-electron chi connectivity index (χ4n) is 1.88. The molecular weight excluding hydrogens is 333 g/mol. The lowest BCUT2D eigenvalue weighted by Gasteiger charge is -2.26. The zero-order valence-corrected chi connectivity index (χ0v) is 13.7. The van der Waals surface area contributed by atoms with Gasteiger partial charge in [0.1, 0.15) is 6.26 Å². The number of amides is 1. The average Bonchev–Trinajstić information content (AvgIpc) is 2.96. The first kappa shape index (κ1) is 18.0. The molecule has 0 unspecified atom stereocenters. The molecule has 0 saturated carbocycles. The van der Waals surface area contributed by atoms with E-state index in [-0.39, 0.29) is 37.1 Å². The molecule has 1 fully saturated rings. The Morgan fingerprint density at radius 1 is 1.48 bits per heavy atom. The fourth-order valence-corrected chi connectivity index (χ4v) is 2.54. The summed E-state index contributed by atoms with van der Waals surface area (Å²) in [4.78, 5) is 17.0. The summed E-state index contributed by atoms with van der Waals surface area (Å²) < 4.78 is 5.38. The molecule has 0 radical (unpaired) electrons. The smallest absolute Gasteiger partial charge is 0.236 e. The van der Waals surface area contributed by atoms with Crippen LogP contribution in [0.25, 0.3) is 10.8 Å². The van der Waals surface area contributed by atoms with Gasteiger partial charge in [0.05, 0.1) is 17.0 Å². The summed E-state index contributed by atoms with van der Waals surface area (Å²) in [5, 5.41) is 8.07. The molecule has 2 N–H and O–H groups in total. The van der Waals surface area contributed by atoms with E-state index in [4.69, 9.17) is 4.42 Å². The summed E-state index contributed by atoms with van der Waals surface area (Å²) in [7, 11) is 0. The number of hydrogen-bond donors (Lipinski definition) is 2. The van der Waals surface area contributed by atoms with E-state index in [9.17, 15) is 4.79 Å². The summed E-state index contributed by atoms with van der Waals surface area (Å²) in [6.07, 6.45) is 1.83. The number of halogens is 2. The normalized spacial score (nSPS) is 13.7. The zero-order chi connectivity index (χ0) is 13.1. The van der Waals surface area contributed by atoms with Gasteiger partial charge in [0.15, 0.2) is 0 Å². The number of carbonyl (C=O) groups is 1. The lowest BCUT2D eigenvalue weighted by molar-refractivity contribution is -0.120. The average molecular weight is 350 g/mol. The topological polar surface area (TPSA) is 67.2 Å². The summed E-state index contributed by atoms with van der Waals surface area (Å²) in [6.45, 7) is 2.72. The maximum atomic E-state index is 11.7. The van der Waals surface area contributed by atoms with Crippen molar-refractivity contribution in [1.82, 2.24) is 15.6 Å². The Bertz CT molecular complexity index is 556. The van der Waals surface area contributed by atoms with Crippen LogP contribution >= 0.6 is 36.2 Å². The third-order valence-electron chi connectivity index (χ3n) is 3.08.